The molecule has 1 aliphatic rings. The molecule has 0 aromatic heterocycles. The molecule has 0 spiro atoms. The number of hydrogen-bond donors (Lipinski definition) is 1. The van der Waals surface area contributed by atoms with E-state index in [4.69, 9.17) is 4.74 Å². The van der Waals surface area contributed by atoms with E-state index in [0.29, 0.717) is 6.04 Å². The lowest BCUT2D eigenvalue weighted by molar-refractivity contribution is 0.228. The molecule has 0 amide bonds. The molecule has 20 heavy (non-hydrogen) atoms. The Labute approximate surface area is 123 Å². The minimum absolute atomic E-state index is 0.228. The van der Waals surface area contributed by atoms with Gasteiger partial charge in [0.2, 0.25) is 0 Å². The molecule has 1 N–H and O–H groups in total. The molecule has 0 bridgehead atoms. The Morgan fingerprint density at radius 2 is 2.00 bits per heavy atom. The van der Waals surface area contributed by atoms with Crippen LogP contribution in [-0.4, -0.2) is 12.6 Å². The number of para-hydroxylation sites is 1. The third-order valence-corrected chi connectivity index (χ3v) is 4.09. The van der Waals surface area contributed by atoms with Crippen molar-refractivity contribution in [3.8, 4) is 5.75 Å². The van der Waals surface area contributed by atoms with Gasteiger partial charge in [-0.1, -0.05) is 44.4 Å². The molecule has 1 atom stereocenters. The largest absolute Gasteiger partial charge is 0.491 e. The van der Waals surface area contributed by atoms with Crippen LogP contribution in [0.1, 0.15) is 64.5 Å². The van der Waals surface area contributed by atoms with E-state index in [9.17, 15) is 0 Å². The Kier molecular flexibility index (Phi) is 5.90. The second-order valence-corrected chi connectivity index (χ2v) is 6.24. The zero-order valence-corrected chi connectivity index (χ0v) is 13.2. The Morgan fingerprint density at radius 3 is 2.60 bits per heavy atom. The highest BCUT2D eigenvalue weighted by atomic mass is 16.5. The fraction of sp³-hybridized carbons (Fsp3) is 0.667. The molecule has 112 valence electrons. The predicted molar refractivity (Wildman–Crippen MR) is 85.2 cm³/mol. The summed E-state index contributed by atoms with van der Waals surface area (Å²) in [6.45, 7) is 7.49. The van der Waals surface area contributed by atoms with Gasteiger partial charge in [-0.3, -0.25) is 0 Å². The zero-order valence-electron chi connectivity index (χ0n) is 13.2. The maximum absolute atomic E-state index is 6.00. The van der Waals surface area contributed by atoms with Crippen LogP contribution in [0, 0.1) is 5.92 Å². The number of hydrogen-bond acceptors (Lipinski definition) is 2. The van der Waals surface area contributed by atoms with E-state index >= 15 is 0 Å². The van der Waals surface area contributed by atoms with Gasteiger partial charge in [-0.05, 0) is 45.2 Å². The molecule has 0 saturated heterocycles. The fourth-order valence-electron chi connectivity index (χ4n) is 2.83. The average molecular weight is 275 g/mol. The number of nitrogens with one attached hydrogen (secondary N) is 1. The van der Waals surface area contributed by atoms with Gasteiger partial charge < -0.3 is 10.1 Å². The minimum atomic E-state index is 0.228. The van der Waals surface area contributed by atoms with Gasteiger partial charge in [-0.25, -0.2) is 0 Å². The van der Waals surface area contributed by atoms with Crippen molar-refractivity contribution in [1.82, 2.24) is 5.32 Å². The molecular formula is C18H29NO. The van der Waals surface area contributed by atoms with Crippen LogP contribution in [0.3, 0.4) is 0 Å². The molecule has 1 saturated carbocycles. The van der Waals surface area contributed by atoms with Crippen LogP contribution in [0.2, 0.25) is 0 Å². The van der Waals surface area contributed by atoms with Gasteiger partial charge in [0.15, 0.2) is 0 Å². The summed E-state index contributed by atoms with van der Waals surface area (Å²) < 4.78 is 6.00. The summed E-state index contributed by atoms with van der Waals surface area (Å²) in [7, 11) is 0. The Hall–Kier alpha value is -1.02. The molecule has 1 aromatic carbocycles. The van der Waals surface area contributed by atoms with Crippen molar-refractivity contribution in [1.29, 1.82) is 0 Å². The summed E-state index contributed by atoms with van der Waals surface area (Å²) in [6, 6.07) is 8.97. The van der Waals surface area contributed by atoms with Gasteiger partial charge in [0.25, 0.3) is 0 Å². The average Bonchev–Trinajstić information content (AvgIpc) is 2.37. The molecule has 1 fully saturated rings. The maximum Gasteiger partial charge on any atom is 0.124 e. The third kappa shape index (κ3) is 4.24. The summed E-state index contributed by atoms with van der Waals surface area (Å²) in [4.78, 5) is 0. The van der Waals surface area contributed by atoms with Crippen LogP contribution < -0.4 is 10.1 Å². The van der Waals surface area contributed by atoms with E-state index in [1.165, 1.54) is 37.7 Å². The van der Waals surface area contributed by atoms with E-state index < -0.39 is 0 Å². The van der Waals surface area contributed by atoms with Gasteiger partial charge >= 0.3 is 0 Å². The quantitative estimate of drug-likeness (QED) is 0.742. The lowest BCUT2D eigenvalue weighted by Crippen LogP contribution is -2.27. The fourth-order valence-corrected chi connectivity index (χ4v) is 2.83. The number of ether oxygens (including phenoxy) is 1. The van der Waals surface area contributed by atoms with Crippen molar-refractivity contribution in [2.75, 3.05) is 6.54 Å². The minimum Gasteiger partial charge on any atom is -0.491 e. The van der Waals surface area contributed by atoms with Gasteiger partial charge in [0.05, 0.1) is 6.10 Å². The van der Waals surface area contributed by atoms with Crippen LogP contribution in [-0.2, 0) is 0 Å². The van der Waals surface area contributed by atoms with Crippen molar-refractivity contribution < 1.29 is 4.74 Å². The first kappa shape index (κ1) is 15.4. The SMILES string of the molecule is CCCNC(CC1CCC1)c1ccccc1OC(C)C. The molecule has 2 heteroatoms. The van der Waals surface area contributed by atoms with Crippen LogP contribution in [0.4, 0.5) is 0 Å². The summed E-state index contributed by atoms with van der Waals surface area (Å²) in [5.74, 6) is 1.95. The van der Waals surface area contributed by atoms with E-state index in [1.807, 2.05) is 0 Å². The van der Waals surface area contributed by atoms with Crippen molar-refractivity contribution >= 4 is 0 Å². The summed E-state index contributed by atoms with van der Waals surface area (Å²) in [5, 5.41) is 3.72. The molecule has 2 nitrogen and oxygen atoms in total. The second-order valence-electron chi connectivity index (χ2n) is 6.24. The number of rotatable bonds is 8. The van der Waals surface area contributed by atoms with Crippen LogP contribution in [0.15, 0.2) is 24.3 Å². The highest BCUT2D eigenvalue weighted by Gasteiger charge is 2.24. The van der Waals surface area contributed by atoms with Crippen molar-refractivity contribution in [3.05, 3.63) is 29.8 Å². The lowest BCUT2D eigenvalue weighted by Gasteiger charge is -2.31. The monoisotopic (exact) mass is 275 g/mol. The smallest absolute Gasteiger partial charge is 0.124 e. The van der Waals surface area contributed by atoms with Crippen molar-refractivity contribution in [3.63, 3.8) is 0 Å². The van der Waals surface area contributed by atoms with E-state index in [-0.39, 0.29) is 6.10 Å². The van der Waals surface area contributed by atoms with Crippen LogP contribution >= 0.6 is 0 Å². The lowest BCUT2D eigenvalue weighted by atomic mass is 9.79. The second kappa shape index (κ2) is 7.68. The maximum atomic E-state index is 6.00. The first-order chi connectivity index (χ1) is 9.70. The van der Waals surface area contributed by atoms with Gasteiger partial charge in [0.1, 0.15) is 5.75 Å². The Morgan fingerprint density at radius 1 is 1.25 bits per heavy atom. The predicted octanol–water partition coefficient (Wildman–Crippen LogP) is 4.70. The molecular weight excluding hydrogens is 246 g/mol. The van der Waals surface area contributed by atoms with E-state index in [2.05, 4.69) is 50.4 Å². The van der Waals surface area contributed by atoms with Gasteiger partial charge in [0, 0.05) is 11.6 Å². The zero-order chi connectivity index (χ0) is 14.4. The first-order valence-corrected chi connectivity index (χ1v) is 8.19. The summed E-state index contributed by atoms with van der Waals surface area (Å²) >= 11 is 0. The molecule has 0 heterocycles. The topological polar surface area (TPSA) is 21.3 Å². The number of benzene rings is 1. The van der Waals surface area contributed by atoms with E-state index in [1.54, 1.807) is 0 Å². The molecule has 1 aliphatic carbocycles. The van der Waals surface area contributed by atoms with Crippen LogP contribution in [0.25, 0.3) is 0 Å². The molecule has 0 radical (unpaired) electrons. The Balaban J connectivity index is 2.12. The van der Waals surface area contributed by atoms with Crippen LogP contribution in [0.5, 0.6) is 5.75 Å². The van der Waals surface area contributed by atoms with E-state index in [0.717, 1.165) is 18.2 Å². The van der Waals surface area contributed by atoms with Crippen molar-refractivity contribution in [2.24, 2.45) is 5.92 Å². The summed E-state index contributed by atoms with van der Waals surface area (Å²) in [6.07, 6.45) is 6.86. The normalized spacial score (nSPS) is 17.0. The molecule has 1 unspecified atom stereocenters. The molecule has 0 aliphatic heterocycles. The highest BCUT2D eigenvalue weighted by Crippen LogP contribution is 2.37. The first-order valence-electron chi connectivity index (χ1n) is 8.19. The standard InChI is InChI=1S/C18H29NO/c1-4-12-19-17(13-15-8-7-9-15)16-10-5-6-11-18(16)20-14(2)3/h5-6,10-11,14-15,17,19H,4,7-9,12-13H2,1-3H3. The van der Waals surface area contributed by atoms with Crippen molar-refractivity contribution in [2.45, 2.75) is 65.0 Å². The van der Waals surface area contributed by atoms with Gasteiger partial charge in [-0.2, -0.15) is 0 Å². The third-order valence-electron chi connectivity index (χ3n) is 4.09. The van der Waals surface area contributed by atoms with Gasteiger partial charge in [-0.15, -0.1) is 0 Å². The molecule has 2 rings (SSSR count). The molecule has 1 aromatic rings. The highest BCUT2D eigenvalue weighted by molar-refractivity contribution is 5.36. The summed E-state index contributed by atoms with van der Waals surface area (Å²) in [5.41, 5.74) is 1.33. The Bertz CT molecular complexity index is 398.